The van der Waals surface area contributed by atoms with E-state index < -0.39 is 15.6 Å². The molecule has 0 saturated carbocycles. The normalized spacial score (nSPS) is 14.7. The van der Waals surface area contributed by atoms with Gasteiger partial charge in [-0.2, -0.15) is 4.31 Å². The molecule has 7 nitrogen and oxygen atoms in total. The maximum atomic E-state index is 11.8. The van der Waals surface area contributed by atoms with Crippen LogP contribution < -0.4 is 4.52 Å². The van der Waals surface area contributed by atoms with Gasteiger partial charge in [0.05, 0.1) is 0 Å². The van der Waals surface area contributed by atoms with Gasteiger partial charge in [-0.15, -0.1) is 0 Å². The zero-order chi connectivity index (χ0) is 26.1. The van der Waals surface area contributed by atoms with E-state index in [-0.39, 0.29) is 11.7 Å². The van der Waals surface area contributed by atoms with Crippen LogP contribution in [0.3, 0.4) is 0 Å². The molecule has 0 spiro atoms. The van der Waals surface area contributed by atoms with Gasteiger partial charge in [-0.1, -0.05) is 100 Å². The van der Waals surface area contributed by atoms with Crippen LogP contribution in [0.25, 0.3) is 11.1 Å². The average molecular weight is 520 g/mol. The topological polar surface area (TPSA) is 113 Å². The van der Waals surface area contributed by atoms with Crippen molar-refractivity contribution in [1.82, 2.24) is 0 Å². The summed E-state index contributed by atoms with van der Waals surface area (Å²) in [6.45, 7) is 8.04. The standard InChI is InChI=1S/C14H24O7P2.C12H10/c1-5-10(3)12-7-8-14(13(9-12)11(4)6-2)20-23(18,19)21-22(15,16)17;1-3-7-11(8-4-1)12-9-5-2-6-10-12/h7-11H,5-6H2,1-4H3,(H,18,19)(H2,15,16,17);1-10H. The van der Waals surface area contributed by atoms with E-state index in [1.165, 1.54) is 17.2 Å². The number of rotatable bonds is 9. The van der Waals surface area contributed by atoms with Crippen LogP contribution in [-0.4, -0.2) is 14.7 Å². The lowest BCUT2D eigenvalue weighted by Crippen LogP contribution is -2.03. The molecule has 0 amide bonds. The van der Waals surface area contributed by atoms with Gasteiger partial charge in [-0.3, -0.25) is 4.89 Å². The lowest BCUT2D eigenvalue weighted by Gasteiger charge is -2.20. The van der Waals surface area contributed by atoms with Crippen molar-refractivity contribution in [1.29, 1.82) is 0 Å². The van der Waals surface area contributed by atoms with Gasteiger partial charge in [0.25, 0.3) is 0 Å². The minimum Gasteiger partial charge on any atom is -0.404 e. The highest BCUT2D eigenvalue weighted by molar-refractivity contribution is 7.60. The molecule has 0 heterocycles. The number of hydrogen-bond acceptors (Lipinski definition) is 4. The van der Waals surface area contributed by atoms with Crippen molar-refractivity contribution in [3.63, 3.8) is 0 Å². The number of phosphoric ester groups is 1. The first-order valence-electron chi connectivity index (χ1n) is 11.5. The third kappa shape index (κ3) is 9.73. The zero-order valence-electron chi connectivity index (χ0n) is 20.4. The summed E-state index contributed by atoms with van der Waals surface area (Å²) < 4.78 is 31.3. The molecular formula is C26H34O7P2. The largest absolute Gasteiger partial charge is 0.536 e. The monoisotopic (exact) mass is 520 g/mol. The van der Waals surface area contributed by atoms with Crippen LogP contribution in [0.15, 0.2) is 78.9 Å². The minimum atomic E-state index is -5.14. The molecule has 0 radical (unpaired) electrons. The number of hydrogen-bond donors (Lipinski definition) is 3. The highest BCUT2D eigenvalue weighted by Crippen LogP contribution is 2.58. The molecule has 3 unspecified atom stereocenters. The Morgan fingerprint density at radius 3 is 1.66 bits per heavy atom. The molecule has 3 N–H and O–H groups in total. The van der Waals surface area contributed by atoms with E-state index in [1.54, 1.807) is 6.07 Å². The van der Waals surface area contributed by atoms with Crippen molar-refractivity contribution in [3.05, 3.63) is 90.0 Å². The molecule has 0 aliphatic rings. The third-order valence-electron chi connectivity index (χ3n) is 5.66. The van der Waals surface area contributed by atoms with Gasteiger partial charge in [0.1, 0.15) is 5.75 Å². The van der Waals surface area contributed by atoms with Crippen molar-refractivity contribution in [2.24, 2.45) is 0 Å². The molecule has 0 fully saturated rings. The molecule has 3 aromatic carbocycles. The van der Waals surface area contributed by atoms with Crippen LogP contribution in [0.1, 0.15) is 63.5 Å². The molecule has 3 aromatic rings. The fourth-order valence-electron chi connectivity index (χ4n) is 3.33. The summed E-state index contributed by atoms with van der Waals surface area (Å²) in [5, 5.41) is 0. The van der Waals surface area contributed by atoms with Gasteiger partial charge in [0, 0.05) is 0 Å². The first-order valence-corrected chi connectivity index (χ1v) is 14.5. The van der Waals surface area contributed by atoms with Gasteiger partial charge >= 0.3 is 15.6 Å². The summed E-state index contributed by atoms with van der Waals surface area (Å²) in [5.41, 5.74) is 4.32. The molecule has 0 aliphatic heterocycles. The van der Waals surface area contributed by atoms with E-state index in [0.717, 1.165) is 18.4 Å². The van der Waals surface area contributed by atoms with Crippen molar-refractivity contribution < 1.29 is 32.6 Å². The fraction of sp³-hybridized carbons (Fsp3) is 0.308. The Morgan fingerprint density at radius 1 is 0.743 bits per heavy atom. The van der Waals surface area contributed by atoms with Crippen LogP contribution in [0.4, 0.5) is 0 Å². The summed E-state index contributed by atoms with van der Waals surface area (Å²) in [7, 11) is -10.1. The molecule has 0 aliphatic carbocycles. The zero-order valence-corrected chi connectivity index (χ0v) is 22.2. The van der Waals surface area contributed by atoms with E-state index >= 15 is 0 Å². The van der Waals surface area contributed by atoms with E-state index in [2.05, 4.69) is 66.7 Å². The Bertz CT molecular complexity index is 1110. The SMILES string of the molecule is CCC(C)c1ccc(OP(=O)(O)OP(=O)(O)O)c(C(C)CC)c1.c1ccc(-c2ccccc2)cc1. The summed E-state index contributed by atoms with van der Waals surface area (Å²) in [6.07, 6.45) is 1.72. The van der Waals surface area contributed by atoms with Crippen molar-refractivity contribution >= 4 is 15.6 Å². The predicted molar refractivity (Wildman–Crippen MR) is 139 cm³/mol. The lowest BCUT2D eigenvalue weighted by molar-refractivity contribution is 0.229. The number of phosphoric acid groups is 2. The molecule has 3 rings (SSSR count). The molecule has 3 atom stereocenters. The van der Waals surface area contributed by atoms with Crippen LogP contribution in [0, 0.1) is 0 Å². The molecule has 9 heteroatoms. The molecular weight excluding hydrogens is 486 g/mol. The maximum Gasteiger partial charge on any atom is 0.536 e. The maximum absolute atomic E-state index is 11.8. The lowest BCUT2D eigenvalue weighted by atomic mass is 9.91. The van der Waals surface area contributed by atoms with E-state index in [0.29, 0.717) is 11.5 Å². The number of benzene rings is 3. The molecule has 0 aromatic heterocycles. The van der Waals surface area contributed by atoms with Crippen LogP contribution in [0.2, 0.25) is 0 Å². The van der Waals surface area contributed by atoms with Crippen molar-refractivity contribution in [3.8, 4) is 16.9 Å². The molecule has 0 saturated heterocycles. The van der Waals surface area contributed by atoms with E-state index in [9.17, 15) is 14.0 Å². The Balaban J connectivity index is 0.000000298. The van der Waals surface area contributed by atoms with Gasteiger partial charge in [-0.05, 0) is 53.0 Å². The highest BCUT2D eigenvalue weighted by atomic mass is 31.3. The van der Waals surface area contributed by atoms with Gasteiger partial charge < -0.3 is 14.3 Å². The predicted octanol–water partition coefficient (Wildman–Crippen LogP) is 7.66. The van der Waals surface area contributed by atoms with Crippen LogP contribution in [0.5, 0.6) is 5.75 Å². The Hall–Kier alpha value is -2.24. The Morgan fingerprint density at radius 2 is 1.23 bits per heavy atom. The second-order valence-corrected chi connectivity index (χ2v) is 11.0. The Labute approximate surface area is 207 Å². The fourth-order valence-corrected chi connectivity index (χ4v) is 4.96. The first kappa shape index (κ1) is 29.0. The minimum absolute atomic E-state index is 0.0454. The van der Waals surface area contributed by atoms with E-state index in [4.69, 9.17) is 14.3 Å². The average Bonchev–Trinajstić information content (AvgIpc) is 2.83. The van der Waals surface area contributed by atoms with Gasteiger partial charge in [0.2, 0.25) is 0 Å². The molecule has 190 valence electrons. The highest BCUT2D eigenvalue weighted by Gasteiger charge is 2.34. The summed E-state index contributed by atoms with van der Waals surface area (Å²) in [5.74, 6) is 0.453. The second-order valence-electron chi connectivity index (χ2n) is 8.28. The second kappa shape index (κ2) is 13.2. The quantitative estimate of drug-likeness (QED) is 0.248. The van der Waals surface area contributed by atoms with Crippen molar-refractivity contribution in [2.45, 2.75) is 52.4 Å². The van der Waals surface area contributed by atoms with E-state index in [1.807, 2.05) is 32.0 Å². The first-order chi connectivity index (χ1) is 16.5. The summed E-state index contributed by atoms with van der Waals surface area (Å²) in [6, 6.07) is 26.0. The van der Waals surface area contributed by atoms with Crippen molar-refractivity contribution in [2.75, 3.05) is 0 Å². The molecule has 0 bridgehead atoms. The van der Waals surface area contributed by atoms with Gasteiger partial charge in [-0.25, -0.2) is 9.13 Å². The summed E-state index contributed by atoms with van der Waals surface area (Å²) in [4.78, 5) is 26.9. The van der Waals surface area contributed by atoms with Gasteiger partial charge in [0.15, 0.2) is 0 Å². The van der Waals surface area contributed by atoms with Crippen LogP contribution >= 0.6 is 15.6 Å². The van der Waals surface area contributed by atoms with Crippen LogP contribution in [-0.2, 0) is 13.4 Å². The molecule has 35 heavy (non-hydrogen) atoms. The summed E-state index contributed by atoms with van der Waals surface area (Å²) >= 11 is 0. The third-order valence-corrected chi connectivity index (χ3v) is 7.77. The smallest absolute Gasteiger partial charge is 0.404 e. The Kier molecular flexibility index (Phi) is 10.9.